The van der Waals surface area contributed by atoms with Gasteiger partial charge in [-0.15, -0.1) is 10.2 Å². The van der Waals surface area contributed by atoms with Crippen molar-refractivity contribution in [3.63, 3.8) is 0 Å². The van der Waals surface area contributed by atoms with Gasteiger partial charge >= 0.3 is 0 Å². The van der Waals surface area contributed by atoms with E-state index in [1.807, 2.05) is 28.8 Å². The van der Waals surface area contributed by atoms with Crippen LogP contribution in [0.15, 0.2) is 42.9 Å². The number of anilines is 2. The zero-order chi connectivity index (χ0) is 27.6. The van der Waals surface area contributed by atoms with Crippen LogP contribution in [-0.4, -0.2) is 59.0 Å². The first kappa shape index (κ1) is 25.4. The molecule has 2 N–H and O–H groups in total. The molecule has 3 aliphatic rings. The Balaban J connectivity index is 1.16. The van der Waals surface area contributed by atoms with Gasteiger partial charge in [0, 0.05) is 49.5 Å². The number of hydrogen-bond acceptors (Lipinski definition) is 8. The van der Waals surface area contributed by atoms with Crippen molar-refractivity contribution >= 4 is 28.9 Å². The van der Waals surface area contributed by atoms with Crippen LogP contribution in [0.2, 0.25) is 5.02 Å². The Morgan fingerprint density at radius 1 is 1.10 bits per heavy atom. The highest BCUT2D eigenvalue weighted by molar-refractivity contribution is 6.36. The third kappa shape index (κ3) is 3.89. The molecule has 1 saturated heterocycles. The zero-order valence-corrected chi connectivity index (χ0v) is 23.9. The summed E-state index contributed by atoms with van der Waals surface area (Å²) < 4.78 is 13.7. The van der Waals surface area contributed by atoms with E-state index >= 15 is 0 Å². The molecule has 7 rings (SSSR count). The molecule has 4 heterocycles. The van der Waals surface area contributed by atoms with Crippen LogP contribution in [0.1, 0.15) is 43.9 Å². The van der Waals surface area contributed by atoms with E-state index in [1.165, 1.54) is 11.1 Å². The first-order valence-corrected chi connectivity index (χ1v) is 14.4. The van der Waals surface area contributed by atoms with E-state index in [2.05, 4.69) is 53.0 Å². The Kier molecular flexibility index (Phi) is 6.05. The van der Waals surface area contributed by atoms with E-state index in [1.54, 1.807) is 6.33 Å². The number of nitrogens with two attached hydrogens (primary N) is 1. The molecule has 1 aliphatic carbocycles. The number of nitrogens with zero attached hydrogens (tertiary/aromatic N) is 6. The van der Waals surface area contributed by atoms with Crippen molar-refractivity contribution in [3.8, 4) is 22.6 Å². The minimum Gasteiger partial charge on any atom is -0.486 e. The van der Waals surface area contributed by atoms with E-state index in [9.17, 15) is 0 Å². The van der Waals surface area contributed by atoms with Crippen LogP contribution in [0.3, 0.4) is 0 Å². The summed E-state index contributed by atoms with van der Waals surface area (Å²) >= 11 is 6.94. The van der Waals surface area contributed by atoms with Gasteiger partial charge in [0.25, 0.3) is 0 Å². The second-order valence-electron chi connectivity index (χ2n) is 11.5. The van der Waals surface area contributed by atoms with Gasteiger partial charge in [-0.25, -0.2) is 4.98 Å². The Hall–Kier alpha value is -3.56. The number of piperidine rings is 1. The average Bonchev–Trinajstić information content (AvgIpc) is 3.55. The molecule has 2 aromatic heterocycles. The van der Waals surface area contributed by atoms with Gasteiger partial charge in [-0.1, -0.05) is 23.7 Å². The van der Waals surface area contributed by atoms with Crippen LogP contribution in [0, 0.1) is 5.41 Å². The van der Waals surface area contributed by atoms with Crippen LogP contribution in [0.4, 0.5) is 11.6 Å². The Labute approximate surface area is 238 Å². The highest BCUT2D eigenvalue weighted by Gasteiger charge is 2.47. The molecule has 40 heavy (non-hydrogen) atoms. The van der Waals surface area contributed by atoms with Gasteiger partial charge in [-0.3, -0.25) is 4.40 Å². The molecular formula is C30H34ClN7O2. The van der Waals surface area contributed by atoms with Crippen LogP contribution >= 0.6 is 11.6 Å². The minimum absolute atomic E-state index is 0.0193. The van der Waals surface area contributed by atoms with Gasteiger partial charge in [0.05, 0.1) is 10.7 Å². The third-order valence-corrected chi connectivity index (χ3v) is 9.52. The van der Waals surface area contributed by atoms with Crippen molar-refractivity contribution in [1.29, 1.82) is 0 Å². The summed E-state index contributed by atoms with van der Waals surface area (Å²) in [6.45, 7) is 7.16. The van der Waals surface area contributed by atoms with E-state index in [-0.39, 0.29) is 11.5 Å². The van der Waals surface area contributed by atoms with Crippen molar-refractivity contribution < 1.29 is 9.47 Å². The number of halogens is 1. The average molecular weight is 560 g/mol. The number of aromatic nitrogens is 4. The van der Waals surface area contributed by atoms with E-state index in [0.29, 0.717) is 24.3 Å². The Morgan fingerprint density at radius 3 is 2.60 bits per heavy atom. The maximum absolute atomic E-state index is 6.94. The summed E-state index contributed by atoms with van der Waals surface area (Å²) in [5.74, 6) is 2.50. The summed E-state index contributed by atoms with van der Waals surface area (Å²) in [7, 11) is 2.05. The van der Waals surface area contributed by atoms with Crippen molar-refractivity contribution in [2.75, 3.05) is 43.2 Å². The molecule has 1 fully saturated rings. The number of fused-ring (bicyclic) bond motifs is 3. The SMILES string of the molecule is CC(C)N(C)c1cccc(-c2cnc(N3CCC4(CC3)Cc3cc5c(cc3[C@H]4N)OCCO5)n3cnnc23)c1Cl. The maximum atomic E-state index is 6.94. The molecule has 1 atom stereocenters. The number of benzene rings is 2. The summed E-state index contributed by atoms with van der Waals surface area (Å²) in [6, 6.07) is 10.6. The second kappa shape index (κ2) is 9.52. The lowest BCUT2D eigenvalue weighted by Gasteiger charge is -2.42. The lowest BCUT2D eigenvalue weighted by molar-refractivity contribution is 0.171. The Bertz CT molecular complexity index is 1590. The van der Waals surface area contributed by atoms with E-state index in [4.69, 9.17) is 31.8 Å². The number of hydrogen-bond donors (Lipinski definition) is 1. The fourth-order valence-corrected chi connectivity index (χ4v) is 6.92. The molecule has 4 aromatic rings. The third-order valence-electron chi connectivity index (χ3n) is 9.12. The fraction of sp³-hybridized carbons (Fsp3) is 0.433. The van der Waals surface area contributed by atoms with Crippen molar-refractivity contribution in [2.24, 2.45) is 11.1 Å². The lowest BCUT2D eigenvalue weighted by atomic mass is 9.73. The van der Waals surface area contributed by atoms with Gasteiger partial charge < -0.3 is 25.0 Å². The van der Waals surface area contributed by atoms with Gasteiger partial charge in [0.2, 0.25) is 5.95 Å². The molecule has 2 aliphatic heterocycles. The molecule has 0 amide bonds. The molecule has 0 saturated carbocycles. The normalized spacial score (nSPS) is 19.4. The predicted molar refractivity (Wildman–Crippen MR) is 157 cm³/mol. The van der Waals surface area contributed by atoms with Crippen LogP contribution in [-0.2, 0) is 6.42 Å². The summed E-state index contributed by atoms with van der Waals surface area (Å²) in [6.07, 6.45) is 6.52. The Morgan fingerprint density at radius 2 is 1.85 bits per heavy atom. The van der Waals surface area contributed by atoms with Crippen molar-refractivity contribution in [1.82, 2.24) is 19.6 Å². The second-order valence-corrected chi connectivity index (χ2v) is 11.9. The van der Waals surface area contributed by atoms with Crippen LogP contribution in [0.25, 0.3) is 16.8 Å². The van der Waals surface area contributed by atoms with Gasteiger partial charge in [-0.2, -0.15) is 0 Å². The fourth-order valence-electron chi connectivity index (χ4n) is 6.56. The molecule has 208 valence electrons. The quantitative estimate of drug-likeness (QED) is 0.377. The highest BCUT2D eigenvalue weighted by Crippen LogP contribution is 2.53. The van der Waals surface area contributed by atoms with E-state index < -0.39 is 0 Å². The largest absolute Gasteiger partial charge is 0.486 e. The molecule has 9 nitrogen and oxygen atoms in total. The lowest BCUT2D eigenvalue weighted by Crippen LogP contribution is -2.45. The first-order valence-electron chi connectivity index (χ1n) is 14.0. The van der Waals surface area contributed by atoms with Gasteiger partial charge in [0.1, 0.15) is 19.5 Å². The smallest absolute Gasteiger partial charge is 0.212 e. The zero-order valence-electron chi connectivity index (χ0n) is 23.1. The van der Waals surface area contributed by atoms with Crippen LogP contribution < -0.4 is 25.0 Å². The molecule has 0 bridgehead atoms. The number of ether oxygens (including phenoxy) is 2. The summed E-state index contributed by atoms with van der Waals surface area (Å²) in [5.41, 5.74) is 12.9. The molecule has 0 unspecified atom stereocenters. The van der Waals surface area contributed by atoms with Crippen molar-refractivity contribution in [3.05, 3.63) is 59.0 Å². The maximum Gasteiger partial charge on any atom is 0.212 e. The molecule has 10 heteroatoms. The van der Waals surface area contributed by atoms with Crippen LogP contribution in [0.5, 0.6) is 11.5 Å². The number of rotatable bonds is 4. The first-order chi connectivity index (χ1) is 19.4. The molecule has 2 aromatic carbocycles. The van der Waals surface area contributed by atoms with E-state index in [0.717, 1.165) is 72.3 Å². The standard InChI is InChI=1S/C30H34ClN7O2/c1-18(2)36(3)23-6-4-5-20(26(23)31)22-16-33-29(38-17-34-35-28(22)38)37-9-7-30(8-10-37)15-19-13-24-25(40-12-11-39-24)14-21(19)27(30)32/h4-6,13-14,16-18,27H,7-12,15,32H2,1-3H3/t27-/m1/s1. The minimum atomic E-state index is -0.0240. The topological polar surface area (TPSA) is 94.0 Å². The van der Waals surface area contributed by atoms with Gasteiger partial charge in [-0.05, 0) is 67.9 Å². The molecule has 0 radical (unpaired) electrons. The molecular weight excluding hydrogens is 526 g/mol. The molecule has 1 spiro atoms. The van der Waals surface area contributed by atoms with Crippen molar-refractivity contribution in [2.45, 2.75) is 45.2 Å². The predicted octanol–water partition coefficient (Wildman–Crippen LogP) is 4.90. The monoisotopic (exact) mass is 559 g/mol. The summed E-state index contributed by atoms with van der Waals surface area (Å²) in [4.78, 5) is 9.42. The summed E-state index contributed by atoms with van der Waals surface area (Å²) in [5, 5.41) is 9.42. The highest BCUT2D eigenvalue weighted by atomic mass is 35.5. The van der Waals surface area contributed by atoms with Gasteiger partial charge in [0.15, 0.2) is 17.1 Å².